The van der Waals surface area contributed by atoms with Gasteiger partial charge in [0.05, 0.1) is 19.4 Å². The van der Waals surface area contributed by atoms with Crippen LogP contribution in [0.5, 0.6) is 0 Å². The van der Waals surface area contributed by atoms with Crippen molar-refractivity contribution in [3.05, 3.63) is 11.8 Å². The molecule has 0 aliphatic rings. The number of aryl methyl sites for hydroxylation is 1. The summed E-state index contributed by atoms with van der Waals surface area (Å²) in [7, 11) is 1.60. The number of nitrogens with zero attached hydrogens (tertiary/aromatic N) is 3. The topological polar surface area (TPSA) is 94.8 Å². The van der Waals surface area contributed by atoms with Gasteiger partial charge in [-0.25, -0.2) is 9.59 Å². The van der Waals surface area contributed by atoms with Gasteiger partial charge in [0, 0.05) is 7.05 Å². The van der Waals surface area contributed by atoms with Gasteiger partial charge in [0.2, 0.25) is 5.17 Å². The van der Waals surface area contributed by atoms with Crippen LogP contribution < -0.4 is 5.43 Å². The largest absolute Gasteiger partial charge is 0.462 e. The Kier molecular flexibility index (Phi) is 5.98. The molecule has 1 aromatic rings. The van der Waals surface area contributed by atoms with Crippen molar-refractivity contribution in [3.8, 4) is 0 Å². The van der Waals surface area contributed by atoms with Crippen LogP contribution in [0.3, 0.4) is 0 Å². The molecule has 1 N–H and O–H groups in total. The lowest BCUT2D eigenvalue weighted by atomic mass is 10.3. The maximum atomic E-state index is 11.7. The maximum absolute atomic E-state index is 11.7. The molecule has 110 valence electrons. The molecule has 0 radical (unpaired) electrons. The number of carbonyl (C=O) groups excluding carboxylic acids is 2. The quantitative estimate of drug-likeness (QED) is 0.481. The Morgan fingerprint density at radius 2 is 2.05 bits per heavy atom. The van der Waals surface area contributed by atoms with E-state index in [0.717, 1.165) is 0 Å². The van der Waals surface area contributed by atoms with Crippen molar-refractivity contribution in [3.63, 3.8) is 0 Å². The van der Waals surface area contributed by atoms with Crippen molar-refractivity contribution < 1.29 is 19.1 Å². The van der Waals surface area contributed by atoms with E-state index in [1.165, 1.54) is 10.9 Å². The van der Waals surface area contributed by atoms with Gasteiger partial charge in [-0.15, -0.1) is 0 Å². The Morgan fingerprint density at radius 3 is 2.65 bits per heavy atom. The van der Waals surface area contributed by atoms with Gasteiger partial charge in [0.15, 0.2) is 5.82 Å². The van der Waals surface area contributed by atoms with Crippen molar-refractivity contribution in [1.29, 1.82) is 0 Å². The number of nitrogens with one attached hydrogen (secondary N) is 1. The molecule has 1 heterocycles. The first-order chi connectivity index (χ1) is 9.51. The molecule has 1 rings (SSSR count). The summed E-state index contributed by atoms with van der Waals surface area (Å²) in [4.78, 5) is 22.9. The average Bonchev–Trinajstić information content (AvgIpc) is 2.78. The van der Waals surface area contributed by atoms with Crippen molar-refractivity contribution in [2.24, 2.45) is 12.1 Å². The van der Waals surface area contributed by atoms with E-state index in [9.17, 15) is 9.59 Å². The van der Waals surface area contributed by atoms with Crippen molar-refractivity contribution in [2.45, 2.75) is 13.8 Å². The van der Waals surface area contributed by atoms with Crippen LogP contribution in [0.2, 0.25) is 0 Å². The Balaban J connectivity index is 2.87. The number of hydrazone groups is 1. The molecule has 1 aromatic heterocycles. The fourth-order valence-corrected chi connectivity index (χ4v) is 1.36. The third-order valence-electron chi connectivity index (χ3n) is 2.14. The van der Waals surface area contributed by atoms with Crippen molar-refractivity contribution in [2.75, 3.05) is 18.6 Å². The molecule has 20 heavy (non-hydrogen) atoms. The molecule has 0 aliphatic carbocycles. The minimum Gasteiger partial charge on any atom is -0.462 e. The summed E-state index contributed by atoms with van der Waals surface area (Å²) >= 11 is 5.64. The molecular weight excluding hydrogens is 288 g/mol. The molecular formula is C11H15ClN4O4. The number of halogens is 1. The second-order valence-corrected chi connectivity index (χ2v) is 3.84. The Bertz CT molecular complexity index is 526. The predicted octanol–water partition coefficient (Wildman–Crippen LogP) is 1.12. The lowest BCUT2D eigenvalue weighted by Gasteiger charge is -2.05. The molecule has 0 aromatic carbocycles. The zero-order chi connectivity index (χ0) is 15.1. The van der Waals surface area contributed by atoms with Gasteiger partial charge in [-0.3, -0.25) is 10.1 Å². The van der Waals surface area contributed by atoms with Crippen molar-refractivity contribution >= 4 is 34.5 Å². The number of rotatable bonds is 6. The molecule has 0 spiro atoms. The minimum absolute atomic E-state index is 0.185. The molecule has 0 unspecified atom stereocenters. The summed E-state index contributed by atoms with van der Waals surface area (Å²) in [6.07, 6.45) is 1.33. The smallest absolute Gasteiger partial charge is 0.370 e. The van der Waals surface area contributed by atoms with Gasteiger partial charge < -0.3 is 9.47 Å². The first-order valence-corrected chi connectivity index (χ1v) is 6.24. The van der Waals surface area contributed by atoms with Gasteiger partial charge in [0.1, 0.15) is 5.56 Å². The van der Waals surface area contributed by atoms with Crippen LogP contribution in [0, 0.1) is 0 Å². The number of ether oxygens (including phenoxy) is 2. The van der Waals surface area contributed by atoms with Crippen LogP contribution in [0.15, 0.2) is 11.3 Å². The number of esters is 2. The zero-order valence-electron chi connectivity index (χ0n) is 11.3. The fourth-order valence-electron chi connectivity index (χ4n) is 1.27. The Hall–Kier alpha value is -2.09. The Labute approximate surface area is 120 Å². The van der Waals surface area contributed by atoms with E-state index in [1.54, 1.807) is 20.9 Å². The highest BCUT2D eigenvalue weighted by molar-refractivity contribution is 6.82. The summed E-state index contributed by atoms with van der Waals surface area (Å²) in [5, 5.41) is 7.16. The third-order valence-corrected chi connectivity index (χ3v) is 2.38. The number of anilines is 1. The van der Waals surface area contributed by atoms with Crippen LogP contribution in [0.1, 0.15) is 24.2 Å². The molecule has 0 amide bonds. The molecule has 0 bridgehead atoms. The predicted molar refractivity (Wildman–Crippen MR) is 72.7 cm³/mol. The van der Waals surface area contributed by atoms with E-state index in [2.05, 4.69) is 20.4 Å². The second kappa shape index (κ2) is 7.49. The van der Waals surface area contributed by atoms with Gasteiger partial charge in [-0.2, -0.15) is 10.2 Å². The van der Waals surface area contributed by atoms with E-state index < -0.39 is 11.9 Å². The van der Waals surface area contributed by atoms with E-state index in [0.29, 0.717) is 0 Å². The van der Waals surface area contributed by atoms with Gasteiger partial charge in [-0.1, -0.05) is 11.6 Å². The van der Waals surface area contributed by atoms with Crippen molar-refractivity contribution in [1.82, 2.24) is 9.78 Å². The van der Waals surface area contributed by atoms with E-state index >= 15 is 0 Å². The summed E-state index contributed by atoms with van der Waals surface area (Å²) in [6.45, 7) is 3.76. The summed E-state index contributed by atoms with van der Waals surface area (Å²) in [6, 6.07) is 0. The number of hydrogen-bond acceptors (Lipinski definition) is 7. The van der Waals surface area contributed by atoms with Crippen LogP contribution in [0.25, 0.3) is 0 Å². The number of aromatic nitrogens is 2. The lowest BCUT2D eigenvalue weighted by molar-refractivity contribution is -0.134. The zero-order valence-corrected chi connectivity index (χ0v) is 12.1. The molecule has 0 fully saturated rings. The summed E-state index contributed by atoms with van der Waals surface area (Å²) in [5.74, 6) is -1.06. The molecule has 0 saturated heterocycles. The van der Waals surface area contributed by atoms with Gasteiger partial charge >= 0.3 is 11.9 Å². The second-order valence-electron chi connectivity index (χ2n) is 3.49. The normalized spacial score (nSPS) is 11.1. The van der Waals surface area contributed by atoms with Crippen LogP contribution in [0.4, 0.5) is 5.82 Å². The standard InChI is InChI=1S/C11H15ClN4O4/c1-4-19-10(17)7-6-13-16(3)9(7)15-14-8(12)11(18)20-5-2/h6,15H,4-5H2,1-3H3/b14-8+. The van der Waals surface area contributed by atoms with Crippen LogP contribution in [-0.2, 0) is 21.3 Å². The van der Waals surface area contributed by atoms with Gasteiger partial charge in [0.25, 0.3) is 0 Å². The number of hydrogen-bond donors (Lipinski definition) is 1. The molecule has 0 aliphatic heterocycles. The first kappa shape index (κ1) is 16.0. The molecule has 8 nitrogen and oxygen atoms in total. The van der Waals surface area contributed by atoms with Crippen LogP contribution >= 0.6 is 11.6 Å². The summed E-state index contributed by atoms with van der Waals surface area (Å²) in [5.41, 5.74) is 2.68. The van der Waals surface area contributed by atoms with E-state index in [4.69, 9.17) is 16.3 Å². The highest BCUT2D eigenvalue weighted by Gasteiger charge is 2.18. The minimum atomic E-state index is -0.762. The van der Waals surface area contributed by atoms with Gasteiger partial charge in [-0.05, 0) is 13.8 Å². The highest BCUT2D eigenvalue weighted by atomic mass is 35.5. The molecule has 9 heteroatoms. The molecule has 0 saturated carbocycles. The first-order valence-electron chi connectivity index (χ1n) is 5.86. The maximum Gasteiger partial charge on any atom is 0.370 e. The monoisotopic (exact) mass is 302 g/mol. The Morgan fingerprint density at radius 1 is 1.40 bits per heavy atom. The fraction of sp³-hybridized carbons (Fsp3) is 0.455. The summed E-state index contributed by atoms with van der Waals surface area (Å²) < 4.78 is 10.9. The highest BCUT2D eigenvalue weighted by Crippen LogP contribution is 2.15. The lowest BCUT2D eigenvalue weighted by Crippen LogP contribution is -2.15. The molecule has 0 atom stereocenters. The van der Waals surface area contributed by atoms with E-state index in [1.807, 2.05) is 0 Å². The average molecular weight is 303 g/mol. The third kappa shape index (κ3) is 3.95. The SMILES string of the molecule is CCOC(=O)/C(Cl)=N\Nc1c(C(=O)OCC)cnn1C. The van der Waals surface area contributed by atoms with E-state index in [-0.39, 0.29) is 29.8 Å². The van der Waals surface area contributed by atoms with Crippen LogP contribution in [-0.4, -0.2) is 40.1 Å². The number of carbonyl (C=O) groups is 2.